The summed E-state index contributed by atoms with van der Waals surface area (Å²) in [7, 11) is 1.87. The van der Waals surface area contributed by atoms with Gasteiger partial charge in [0, 0.05) is 18.8 Å². The molecule has 0 amide bonds. The van der Waals surface area contributed by atoms with E-state index in [0.717, 1.165) is 0 Å². The molecule has 0 unspecified atom stereocenters. The van der Waals surface area contributed by atoms with Crippen LogP contribution in [-0.4, -0.2) is 23.6 Å². The smallest absolute Gasteiger partial charge is 0.213 e. The van der Waals surface area contributed by atoms with Crippen LogP contribution < -0.4 is 0 Å². The van der Waals surface area contributed by atoms with E-state index < -0.39 is 5.82 Å². The van der Waals surface area contributed by atoms with Crippen molar-refractivity contribution in [1.29, 1.82) is 0 Å². The van der Waals surface area contributed by atoms with Crippen LogP contribution in [0.5, 0.6) is 0 Å². The monoisotopic (exact) mass is 349 g/mol. The molecule has 0 aliphatic carbocycles. The van der Waals surface area contributed by atoms with Gasteiger partial charge < -0.3 is 9.32 Å². The minimum Gasteiger partial charge on any atom is -0.447 e. The van der Waals surface area contributed by atoms with E-state index in [-0.39, 0.29) is 10.4 Å². The first-order chi connectivity index (χ1) is 11.2. The normalized spacial score (nSPS) is 12.3. The van der Waals surface area contributed by atoms with E-state index in [2.05, 4.69) is 16.7 Å². The van der Waals surface area contributed by atoms with Crippen molar-refractivity contribution in [2.45, 2.75) is 32.7 Å². The Morgan fingerprint density at radius 2 is 2.17 bits per heavy atom. The molecule has 0 saturated heterocycles. The first-order valence-electron chi connectivity index (χ1n) is 7.49. The molecule has 0 spiro atoms. The molecule has 1 aromatic carbocycles. The van der Waals surface area contributed by atoms with Gasteiger partial charge in [-0.3, -0.25) is 4.99 Å². The van der Waals surface area contributed by atoms with E-state index in [9.17, 15) is 4.39 Å². The third-order valence-corrected chi connectivity index (χ3v) is 3.79. The van der Waals surface area contributed by atoms with Crippen molar-refractivity contribution >= 4 is 24.0 Å². The number of nitrogens with zero attached hydrogens (tertiary/aromatic N) is 3. The van der Waals surface area contributed by atoms with Gasteiger partial charge in [-0.2, -0.15) is 0 Å². The van der Waals surface area contributed by atoms with Crippen LogP contribution >= 0.6 is 11.6 Å². The standard InChI is InChI=1S/C18H21ClFN3O/c1-18(2,3)13-8-12(9-14(19)17(13)20)15(21-4)10-23(5)11-16-22-6-7-24-16/h6-10H,4,11H2,1-3,5H3/b15-10-. The molecule has 0 aliphatic heterocycles. The van der Waals surface area contributed by atoms with E-state index in [1.54, 1.807) is 24.5 Å². The first kappa shape index (κ1) is 18.2. The Labute approximate surface area is 146 Å². The molecule has 2 rings (SSSR count). The van der Waals surface area contributed by atoms with Gasteiger partial charge in [-0.15, -0.1) is 0 Å². The first-order valence-corrected chi connectivity index (χ1v) is 7.87. The highest BCUT2D eigenvalue weighted by molar-refractivity contribution is 6.31. The molecule has 0 radical (unpaired) electrons. The van der Waals surface area contributed by atoms with Crippen LogP contribution in [0.3, 0.4) is 0 Å². The average Bonchev–Trinajstić information content (AvgIpc) is 2.99. The summed E-state index contributed by atoms with van der Waals surface area (Å²) in [6.45, 7) is 9.90. The second-order valence-electron chi connectivity index (χ2n) is 6.58. The summed E-state index contributed by atoms with van der Waals surface area (Å²) in [5.41, 5.74) is 1.46. The molecule has 128 valence electrons. The Hall–Kier alpha value is -2.14. The van der Waals surface area contributed by atoms with Crippen LogP contribution in [0, 0.1) is 5.82 Å². The Bertz CT molecular complexity index is 748. The van der Waals surface area contributed by atoms with Crippen molar-refractivity contribution in [3.63, 3.8) is 0 Å². The lowest BCUT2D eigenvalue weighted by Gasteiger charge is -2.22. The van der Waals surface area contributed by atoms with E-state index in [1.807, 2.05) is 32.7 Å². The van der Waals surface area contributed by atoms with Crippen molar-refractivity contribution in [2.75, 3.05) is 7.05 Å². The van der Waals surface area contributed by atoms with Crippen LogP contribution in [-0.2, 0) is 12.0 Å². The second kappa shape index (κ2) is 7.18. The van der Waals surface area contributed by atoms with Crippen LogP contribution in [0.1, 0.15) is 37.8 Å². The molecule has 0 aliphatic rings. The zero-order valence-electron chi connectivity index (χ0n) is 14.3. The van der Waals surface area contributed by atoms with Crippen molar-refractivity contribution in [2.24, 2.45) is 4.99 Å². The summed E-state index contributed by atoms with van der Waals surface area (Å²) in [4.78, 5) is 10.0. The fourth-order valence-corrected chi connectivity index (χ4v) is 2.51. The molecule has 2 aromatic rings. The lowest BCUT2D eigenvalue weighted by molar-refractivity contribution is 0.372. The van der Waals surface area contributed by atoms with Crippen molar-refractivity contribution in [3.8, 4) is 0 Å². The number of benzene rings is 1. The zero-order chi connectivity index (χ0) is 17.9. The maximum atomic E-state index is 14.3. The predicted octanol–water partition coefficient (Wildman–Crippen LogP) is 4.90. The summed E-state index contributed by atoms with van der Waals surface area (Å²) in [6.07, 6.45) is 4.91. The molecule has 0 atom stereocenters. The lowest BCUT2D eigenvalue weighted by atomic mass is 9.85. The Morgan fingerprint density at radius 1 is 1.46 bits per heavy atom. The minimum atomic E-state index is -0.399. The van der Waals surface area contributed by atoms with Gasteiger partial charge >= 0.3 is 0 Å². The van der Waals surface area contributed by atoms with Crippen LogP contribution in [0.15, 0.2) is 40.2 Å². The fourth-order valence-electron chi connectivity index (χ4n) is 2.29. The Balaban J connectivity index is 2.38. The van der Waals surface area contributed by atoms with Crippen LogP contribution in [0.4, 0.5) is 4.39 Å². The van der Waals surface area contributed by atoms with Crippen molar-refractivity contribution in [1.82, 2.24) is 9.88 Å². The number of hydrogen-bond donors (Lipinski definition) is 0. The van der Waals surface area contributed by atoms with E-state index >= 15 is 0 Å². The fraction of sp³-hybridized carbons (Fsp3) is 0.333. The highest BCUT2D eigenvalue weighted by atomic mass is 35.5. The van der Waals surface area contributed by atoms with Gasteiger partial charge in [-0.05, 0) is 29.8 Å². The number of aromatic nitrogens is 1. The van der Waals surface area contributed by atoms with E-state index in [1.165, 1.54) is 6.26 Å². The summed E-state index contributed by atoms with van der Waals surface area (Å²) < 4.78 is 19.6. The number of aliphatic imine (C=N–C) groups is 1. The average molecular weight is 350 g/mol. The number of rotatable bonds is 5. The minimum absolute atomic E-state index is 0.0716. The van der Waals surface area contributed by atoms with E-state index in [0.29, 0.717) is 29.3 Å². The van der Waals surface area contributed by atoms with Crippen molar-refractivity contribution < 1.29 is 8.81 Å². The summed E-state index contributed by atoms with van der Waals surface area (Å²) in [5, 5.41) is 0.0716. The highest BCUT2D eigenvalue weighted by Gasteiger charge is 2.22. The second-order valence-corrected chi connectivity index (χ2v) is 6.99. The van der Waals surface area contributed by atoms with Gasteiger partial charge in [0.2, 0.25) is 5.89 Å². The molecule has 0 saturated carbocycles. The molecule has 24 heavy (non-hydrogen) atoms. The largest absolute Gasteiger partial charge is 0.447 e. The zero-order valence-corrected chi connectivity index (χ0v) is 15.1. The van der Waals surface area contributed by atoms with E-state index in [4.69, 9.17) is 16.0 Å². The summed E-state index contributed by atoms with van der Waals surface area (Å²) in [6, 6.07) is 3.33. The van der Waals surface area contributed by atoms with Gasteiger partial charge in [0.1, 0.15) is 12.1 Å². The number of oxazole rings is 1. The molecule has 0 bridgehead atoms. The van der Waals surface area contributed by atoms with Crippen molar-refractivity contribution in [3.05, 3.63) is 58.7 Å². The molecular formula is C18H21ClFN3O. The third-order valence-electron chi connectivity index (χ3n) is 3.51. The predicted molar refractivity (Wildman–Crippen MR) is 95.6 cm³/mol. The molecule has 4 nitrogen and oxygen atoms in total. The maximum absolute atomic E-state index is 14.3. The molecule has 0 fully saturated rings. The summed E-state index contributed by atoms with van der Waals surface area (Å²) >= 11 is 6.07. The third kappa shape index (κ3) is 4.23. The van der Waals surface area contributed by atoms with Gasteiger partial charge in [-0.1, -0.05) is 32.4 Å². The maximum Gasteiger partial charge on any atom is 0.213 e. The van der Waals surface area contributed by atoms with Gasteiger partial charge in [0.15, 0.2) is 0 Å². The van der Waals surface area contributed by atoms with Gasteiger partial charge in [0.05, 0.1) is 23.5 Å². The molecular weight excluding hydrogens is 329 g/mol. The van der Waals surface area contributed by atoms with Gasteiger partial charge in [0.25, 0.3) is 0 Å². The quantitative estimate of drug-likeness (QED) is 0.721. The lowest BCUT2D eigenvalue weighted by Crippen LogP contribution is -2.15. The molecule has 0 N–H and O–H groups in total. The summed E-state index contributed by atoms with van der Waals surface area (Å²) in [5.74, 6) is 0.189. The number of hydrogen-bond acceptors (Lipinski definition) is 4. The van der Waals surface area contributed by atoms with Crippen LogP contribution in [0.25, 0.3) is 5.70 Å². The Kier molecular flexibility index (Phi) is 5.44. The Morgan fingerprint density at radius 3 is 2.71 bits per heavy atom. The van der Waals surface area contributed by atoms with Crippen LogP contribution in [0.2, 0.25) is 5.02 Å². The molecule has 1 aromatic heterocycles. The molecule has 1 heterocycles. The topological polar surface area (TPSA) is 41.6 Å². The highest BCUT2D eigenvalue weighted by Crippen LogP contribution is 2.33. The molecule has 6 heteroatoms. The van der Waals surface area contributed by atoms with Gasteiger partial charge in [-0.25, -0.2) is 9.37 Å². The number of halogens is 2. The SMILES string of the molecule is C=N/C(=C\N(C)Cc1ncco1)c1cc(Cl)c(F)c(C(C)(C)C)c1.